The summed E-state index contributed by atoms with van der Waals surface area (Å²) in [5.41, 5.74) is 3.13. The summed E-state index contributed by atoms with van der Waals surface area (Å²) in [4.78, 5) is 52.3. The van der Waals surface area contributed by atoms with Gasteiger partial charge >= 0.3 is 0 Å². The maximum absolute atomic E-state index is 12.5. The number of benzene rings is 2. The van der Waals surface area contributed by atoms with E-state index in [4.69, 9.17) is 0 Å². The molecule has 1 heterocycles. The van der Waals surface area contributed by atoms with Crippen LogP contribution in [0.5, 0.6) is 0 Å². The van der Waals surface area contributed by atoms with Gasteiger partial charge in [-0.1, -0.05) is 60.7 Å². The van der Waals surface area contributed by atoms with E-state index in [1.165, 1.54) is 0 Å². The molecule has 0 unspecified atom stereocenters. The van der Waals surface area contributed by atoms with Crippen LogP contribution in [0, 0.1) is 0 Å². The molecule has 8 heteroatoms. The van der Waals surface area contributed by atoms with Gasteiger partial charge < -0.3 is 20.7 Å². The van der Waals surface area contributed by atoms with Crippen molar-refractivity contribution in [2.75, 3.05) is 13.1 Å². The maximum atomic E-state index is 12.5. The molecule has 0 aliphatic rings. The maximum Gasteiger partial charge on any atom is 0.269 e. The van der Waals surface area contributed by atoms with Gasteiger partial charge in [-0.3, -0.25) is 19.4 Å². The number of rotatable bonds is 12. The molecule has 0 radical (unpaired) electrons. The summed E-state index contributed by atoms with van der Waals surface area (Å²) in [5.74, 6) is -1.16. The standard InChI is InChI=1S/C27H28N4O4/c32-18-14-23(31-25(33)12-11-20-7-3-1-4-8-20)26(34)29-16-17-30-27(35)24-19-22(13-15-28-24)21-9-5-2-6-10-21/h1-10,13,15,18-19,23H,11-12,14,16-17H2,(H,29,34)(H,30,35)(H,31,33)/t23-/m0/s1. The Morgan fingerprint density at radius 1 is 0.857 bits per heavy atom. The van der Waals surface area contributed by atoms with Crippen molar-refractivity contribution in [2.24, 2.45) is 0 Å². The van der Waals surface area contributed by atoms with Gasteiger partial charge in [-0.05, 0) is 35.2 Å². The van der Waals surface area contributed by atoms with Gasteiger partial charge in [-0.25, -0.2) is 0 Å². The van der Waals surface area contributed by atoms with Gasteiger partial charge in [0.25, 0.3) is 5.91 Å². The third-order valence-electron chi connectivity index (χ3n) is 5.28. The van der Waals surface area contributed by atoms with Gasteiger partial charge in [-0.2, -0.15) is 0 Å². The van der Waals surface area contributed by atoms with Crippen LogP contribution in [0.2, 0.25) is 0 Å². The van der Waals surface area contributed by atoms with E-state index >= 15 is 0 Å². The van der Waals surface area contributed by atoms with Crippen molar-refractivity contribution in [2.45, 2.75) is 25.3 Å². The van der Waals surface area contributed by atoms with Crippen molar-refractivity contribution in [3.8, 4) is 11.1 Å². The summed E-state index contributed by atoms with van der Waals surface area (Å²) in [6.45, 7) is 0.301. The lowest BCUT2D eigenvalue weighted by atomic mass is 10.1. The van der Waals surface area contributed by atoms with Crippen molar-refractivity contribution in [1.82, 2.24) is 20.9 Å². The van der Waals surface area contributed by atoms with E-state index in [9.17, 15) is 19.2 Å². The zero-order valence-electron chi connectivity index (χ0n) is 19.3. The summed E-state index contributed by atoms with van der Waals surface area (Å²) in [5, 5.41) is 7.96. The minimum absolute atomic E-state index is 0.133. The number of pyridine rings is 1. The molecule has 1 aromatic heterocycles. The molecule has 3 aromatic rings. The number of nitrogens with one attached hydrogen (secondary N) is 3. The average Bonchev–Trinajstić information content (AvgIpc) is 2.90. The van der Waals surface area contributed by atoms with Crippen LogP contribution in [0.1, 0.15) is 28.9 Å². The van der Waals surface area contributed by atoms with Crippen molar-refractivity contribution < 1.29 is 19.2 Å². The van der Waals surface area contributed by atoms with Gasteiger partial charge in [0.15, 0.2) is 0 Å². The Kier molecular flexibility index (Phi) is 9.68. The van der Waals surface area contributed by atoms with E-state index in [0.717, 1.165) is 16.7 Å². The average molecular weight is 473 g/mol. The fourth-order valence-electron chi connectivity index (χ4n) is 3.44. The van der Waals surface area contributed by atoms with Crippen molar-refractivity contribution in [3.63, 3.8) is 0 Å². The van der Waals surface area contributed by atoms with Crippen LogP contribution >= 0.6 is 0 Å². The number of nitrogens with zero attached hydrogens (tertiary/aromatic N) is 1. The molecule has 35 heavy (non-hydrogen) atoms. The molecule has 0 aliphatic heterocycles. The molecule has 0 aliphatic carbocycles. The SMILES string of the molecule is O=CC[C@H](NC(=O)CCc1ccccc1)C(=O)NCCNC(=O)c1cc(-c2ccccc2)ccn1. The fourth-order valence-corrected chi connectivity index (χ4v) is 3.44. The summed E-state index contributed by atoms with van der Waals surface area (Å²) in [7, 11) is 0. The molecule has 0 fully saturated rings. The highest BCUT2D eigenvalue weighted by Gasteiger charge is 2.20. The second kappa shape index (κ2) is 13.4. The van der Waals surface area contributed by atoms with Crippen LogP contribution < -0.4 is 16.0 Å². The predicted octanol–water partition coefficient (Wildman–Crippen LogP) is 2.30. The molecule has 0 saturated heterocycles. The Labute approximate surface area is 204 Å². The largest absolute Gasteiger partial charge is 0.353 e. The third-order valence-corrected chi connectivity index (χ3v) is 5.28. The first kappa shape index (κ1) is 25.3. The molecule has 1 atom stereocenters. The van der Waals surface area contributed by atoms with E-state index in [1.807, 2.05) is 66.7 Å². The first-order valence-electron chi connectivity index (χ1n) is 11.4. The Balaban J connectivity index is 1.43. The van der Waals surface area contributed by atoms with Crippen LogP contribution in [-0.4, -0.2) is 48.1 Å². The zero-order chi connectivity index (χ0) is 24.9. The number of aryl methyl sites for hydroxylation is 1. The van der Waals surface area contributed by atoms with E-state index in [-0.39, 0.29) is 43.4 Å². The van der Waals surface area contributed by atoms with E-state index < -0.39 is 11.9 Å². The van der Waals surface area contributed by atoms with Gasteiger partial charge in [0.1, 0.15) is 18.0 Å². The van der Waals surface area contributed by atoms with Crippen LogP contribution in [0.4, 0.5) is 0 Å². The first-order chi connectivity index (χ1) is 17.1. The smallest absolute Gasteiger partial charge is 0.269 e. The minimum Gasteiger partial charge on any atom is -0.353 e. The molecular weight excluding hydrogens is 444 g/mol. The number of hydrogen-bond donors (Lipinski definition) is 3. The molecular formula is C27H28N4O4. The molecule has 0 bridgehead atoms. The summed E-state index contributed by atoms with van der Waals surface area (Å²) >= 11 is 0. The number of aldehydes is 1. The topological polar surface area (TPSA) is 117 Å². The highest BCUT2D eigenvalue weighted by Crippen LogP contribution is 2.18. The number of carbonyl (C=O) groups is 4. The predicted molar refractivity (Wildman–Crippen MR) is 132 cm³/mol. The summed E-state index contributed by atoms with van der Waals surface area (Å²) in [6, 6.07) is 21.7. The van der Waals surface area contributed by atoms with Crippen molar-refractivity contribution in [1.29, 1.82) is 0 Å². The monoisotopic (exact) mass is 472 g/mol. The van der Waals surface area contributed by atoms with Crippen LogP contribution in [0.3, 0.4) is 0 Å². The Hall–Kier alpha value is -4.33. The van der Waals surface area contributed by atoms with Crippen LogP contribution in [0.15, 0.2) is 79.0 Å². The van der Waals surface area contributed by atoms with Gasteiger partial charge in [0.2, 0.25) is 11.8 Å². The lowest BCUT2D eigenvalue weighted by Gasteiger charge is -2.16. The highest BCUT2D eigenvalue weighted by molar-refractivity contribution is 5.93. The van der Waals surface area contributed by atoms with E-state index in [2.05, 4.69) is 20.9 Å². The van der Waals surface area contributed by atoms with Gasteiger partial charge in [0, 0.05) is 32.1 Å². The highest BCUT2D eigenvalue weighted by atomic mass is 16.2. The number of amides is 3. The van der Waals surface area contributed by atoms with Crippen LogP contribution in [0.25, 0.3) is 11.1 Å². The molecule has 3 N–H and O–H groups in total. The molecule has 3 rings (SSSR count). The molecule has 2 aromatic carbocycles. The van der Waals surface area contributed by atoms with E-state index in [0.29, 0.717) is 12.7 Å². The van der Waals surface area contributed by atoms with Crippen molar-refractivity contribution >= 4 is 24.0 Å². The van der Waals surface area contributed by atoms with Crippen molar-refractivity contribution in [3.05, 3.63) is 90.3 Å². The van der Waals surface area contributed by atoms with Crippen LogP contribution in [-0.2, 0) is 20.8 Å². The molecule has 8 nitrogen and oxygen atoms in total. The third kappa shape index (κ3) is 8.19. The van der Waals surface area contributed by atoms with Gasteiger partial charge in [-0.15, -0.1) is 0 Å². The number of aromatic nitrogens is 1. The zero-order valence-corrected chi connectivity index (χ0v) is 19.3. The number of hydrogen-bond acceptors (Lipinski definition) is 5. The first-order valence-corrected chi connectivity index (χ1v) is 11.4. The molecule has 0 spiro atoms. The quantitative estimate of drug-likeness (QED) is 0.276. The van der Waals surface area contributed by atoms with E-state index in [1.54, 1.807) is 12.3 Å². The molecule has 0 saturated carbocycles. The Morgan fingerprint density at radius 3 is 2.26 bits per heavy atom. The second-order valence-electron chi connectivity index (χ2n) is 7.85. The minimum atomic E-state index is -0.962. The number of carbonyl (C=O) groups excluding carboxylic acids is 4. The Morgan fingerprint density at radius 2 is 1.54 bits per heavy atom. The lowest BCUT2D eigenvalue weighted by Crippen LogP contribution is -2.48. The fraction of sp³-hybridized carbons (Fsp3) is 0.222. The van der Waals surface area contributed by atoms with Gasteiger partial charge in [0.05, 0.1) is 0 Å². The lowest BCUT2D eigenvalue weighted by molar-refractivity contribution is -0.129. The molecule has 3 amide bonds. The normalized spacial score (nSPS) is 11.2. The Bertz CT molecular complexity index is 1140. The summed E-state index contributed by atoms with van der Waals surface area (Å²) in [6.07, 6.45) is 2.77. The molecule has 180 valence electrons. The second-order valence-corrected chi connectivity index (χ2v) is 7.85. The summed E-state index contributed by atoms with van der Waals surface area (Å²) < 4.78 is 0.